The lowest BCUT2D eigenvalue weighted by molar-refractivity contribution is -0.122. The minimum absolute atomic E-state index is 0.0528. The van der Waals surface area contributed by atoms with E-state index >= 15 is 0 Å². The standard InChI is InChI=1S/C19H25N3O3S2/c1-14(16-6-10-18(11-7-16)27(20,24)25)21-19(23)13-22(2)12-15-4-8-17(26-3)9-5-15/h4-11,14H,12-13H2,1-3H3,(H,21,23)(H2,20,24,25)/t14-/m0/s1. The maximum atomic E-state index is 12.3. The Labute approximate surface area is 165 Å². The Morgan fingerprint density at radius 3 is 2.26 bits per heavy atom. The van der Waals surface area contributed by atoms with Gasteiger partial charge in [0, 0.05) is 11.4 Å². The molecule has 0 aliphatic rings. The zero-order chi connectivity index (χ0) is 20.0. The third-order valence-corrected chi connectivity index (χ3v) is 5.78. The van der Waals surface area contributed by atoms with Gasteiger partial charge in [-0.3, -0.25) is 9.69 Å². The quantitative estimate of drug-likeness (QED) is 0.656. The Morgan fingerprint density at radius 2 is 1.74 bits per heavy atom. The first-order valence-electron chi connectivity index (χ1n) is 8.42. The van der Waals surface area contributed by atoms with Crippen molar-refractivity contribution in [2.45, 2.75) is 29.3 Å². The number of benzene rings is 2. The molecule has 3 N–H and O–H groups in total. The predicted molar refractivity (Wildman–Crippen MR) is 109 cm³/mol. The van der Waals surface area contributed by atoms with Crippen LogP contribution in [0.15, 0.2) is 58.3 Å². The normalized spacial score (nSPS) is 12.8. The van der Waals surface area contributed by atoms with E-state index < -0.39 is 10.0 Å². The summed E-state index contributed by atoms with van der Waals surface area (Å²) in [6.45, 7) is 2.80. The van der Waals surface area contributed by atoms with Crippen LogP contribution in [0.25, 0.3) is 0 Å². The summed E-state index contributed by atoms with van der Waals surface area (Å²) < 4.78 is 22.6. The summed E-state index contributed by atoms with van der Waals surface area (Å²) in [7, 11) is -1.82. The maximum Gasteiger partial charge on any atom is 0.238 e. The van der Waals surface area contributed by atoms with E-state index in [1.165, 1.54) is 17.0 Å². The third kappa shape index (κ3) is 6.66. The molecule has 0 unspecified atom stereocenters. The number of nitrogens with one attached hydrogen (secondary N) is 1. The number of carbonyl (C=O) groups excluding carboxylic acids is 1. The lowest BCUT2D eigenvalue weighted by Gasteiger charge is -2.19. The number of amides is 1. The van der Waals surface area contributed by atoms with Gasteiger partial charge in [-0.2, -0.15) is 0 Å². The first kappa shape index (κ1) is 21.4. The van der Waals surface area contributed by atoms with Gasteiger partial charge in [-0.25, -0.2) is 13.6 Å². The minimum Gasteiger partial charge on any atom is -0.348 e. The molecule has 8 heteroatoms. The fourth-order valence-electron chi connectivity index (χ4n) is 2.66. The Kier molecular flexibility index (Phi) is 7.43. The third-order valence-electron chi connectivity index (χ3n) is 4.11. The molecular weight excluding hydrogens is 382 g/mol. The Bertz CT molecular complexity index is 866. The van der Waals surface area contributed by atoms with Gasteiger partial charge in [0.15, 0.2) is 0 Å². The van der Waals surface area contributed by atoms with E-state index in [1.54, 1.807) is 23.9 Å². The molecule has 0 heterocycles. The summed E-state index contributed by atoms with van der Waals surface area (Å²) in [5, 5.41) is 8.02. The topological polar surface area (TPSA) is 92.5 Å². The van der Waals surface area contributed by atoms with E-state index in [4.69, 9.17) is 5.14 Å². The van der Waals surface area contributed by atoms with Gasteiger partial charge in [-0.15, -0.1) is 11.8 Å². The van der Waals surface area contributed by atoms with E-state index in [9.17, 15) is 13.2 Å². The summed E-state index contributed by atoms with van der Waals surface area (Å²) in [5.41, 5.74) is 1.96. The van der Waals surface area contributed by atoms with E-state index in [0.717, 1.165) is 11.1 Å². The molecule has 0 saturated carbocycles. The van der Waals surface area contributed by atoms with Crippen LogP contribution in [0.4, 0.5) is 0 Å². The van der Waals surface area contributed by atoms with Crippen molar-refractivity contribution in [2.24, 2.45) is 5.14 Å². The number of hydrogen-bond acceptors (Lipinski definition) is 5. The Morgan fingerprint density at radius 1 is 1.15 bits per heavy atom. The number of hydrogen-bond donors (Lipinski definition) is 2. The fraction of sp³-hybridized carbons (Fsp3) is 0.316. The maximum absolute atomic E-state index is 12.3. The molecule has 0 bridgehead atoms. The van der Waals surface area contributed by atoms with E-state index in [1.807, 2.05) is 25.1 Å². The number of carbonyl (C=O) groups is 1. The van der Waals surface area contributed by atoms with E-state index in [-0.39, 0.29) is 23.4 Å². The second-order valence-electron chi connectivity index (χ2n) is 6.42. The molecule has 146 valence electrons. The second kappa shape index (κ2) is 9.36. The molecule has 0 aliphatic carbocycles. The van der Waals surface area contributed by atoms with Crippen LogP contribution in [0, 0.1) is 0 Å². The van der Waals surface area contributed by atoms with Crippen molar-refractivity contribution in [2.75, 3.05) is 19.8 Å². The zero-order valence-electron chi connectivity index (χ0n) is 15.7. The first-order valence-corrected chi connectivity index (χ1v) is 11.2. The number of rotatable bonds is 8. The van der Waals surface area contributed by atoms with Crippen LogP contribution in [0.1, 0.15) is 24.1 Å². The van der Waals surface area contributed by atoms with E-state index in [2.05, 4.69) is 29.6 Å². The van der Waals surface area contributed by atoms with Crippen molar-refractivity contribution in [3.05, 3.63) is 59.7 Å². The molecule has 2 aromatic carbocycles. The number of primary sulfonamides is 1. The summed E-state index contributed by atoms with van der Waals surface area (Å²) in [6.07, 6.45) is 2.04. The average Bonchev–Trinajstić information content (AvgIpc) is 2.61. The zero-order valence-corrected chi connectivity index (χ0v) is 17.3. The van der Waals surface area contributed by atoms with Crippen molar-refractivity contribution >= 4 is 27.7 Å². The highest BCUT2D eigenvalue weighted by Gasteiger charge is 2.13. The highest BCUT2D eigenvalue weighted by Crippen LogP contribution is 2.17. The molecule has 1 atom stereocenters. The molecule has 6 nitrogen and oxygen atoms in total. The van der Waals surface area contributed by atoms with Gasteiger partial charge >= 0.3 is 0 Å². The van der Waals surface area contributed by atoms with Crippen LogP contribution >= 0.6 is 11.8 Å². The largest absolute Gasteiger partial charge is 0.348 e. The number of likely N-dealkylation sites (N-methyl/N-ethyl adjacent to an activating group) is 1. The number of sulfonamides is 1. The summed E-state index contributed by atoms with van der Waals surface area (Å²) in [4.78, 5) is 15.5. The van der Waals surface area contributed by atoms with Crippen LogP contribution in [-0.4, -0.2) is 39.1 Å². The minimum atomic E-state index is -3.71. The molecular formula is C19H25N3O3S2. The molecule has 0 spiro atoms. The van der Waals surface area contributed by atoms with Crippen LogP contribution in [-0.2, 0) is 21.4 Å². The van der Waals surface area contributed by atoms with Gasteiger partial charge in [0.2, 0.25) is 15.9 Å². The molecule has 0 saturated heterocycles. The first-order chi connectivity index (χ1) is 12.7. The van der Waals surface area contributed by atoms with Crippen LogP contribution in [0.3, 0.4) is 0 Å². The summed E-state index contributed by atoms with van der Waals surface area (Å²) in [5.74, 6) is -0.0961. The van der Waals surface area contributed by atoms with Gasteiger partial charge < -0.3 is 5.32 Å². The molecule has 1 amide bonds. The highest BCUT2D eigenvalue weighted by atomic mass is 32.2. The summed E-state index contributed by atoms with van der Waals surface area (Å²) in [6, 6.07) is 14.2. The monoisotopic (exact) mass is 407 g/mol. The van der Waals surface area contributed by atoms with Gasteiger partial charge in [-0.1, -0.05) is 24.3 Å². The van der Waals surface area contributed by atoms with Crippen molar-refractivity contribution in [3.8, 4) is 0 Å². The molecule has 0 fully saturated rings. The van der Waals surface area contributed by atoms with Crippen molar-refractivity contribution in [1.82, 2.24) is 10.2 Å². The number of thioether (sulfide) groups is 1. The molecule has 0 aliphatic heterocycles. The van der Waals surface area contributed by atoms with E-state index in [0.29, 0.717) is 6.54 Å². The highest BCUT2D eigenvalue weighted by molar-refractivity contribution is 7.98. The van der Waals surface area contributed by atoms with Crippen LogP contribution < -0.4 is 10.5 Å². The predicted octanol–water partition coefficient (Wildman–Crippen LogP) is 2.37. The second-order valence-corrected chi connectivity index (χ2v) is 8.86. The molecule has 2 rings (SSSR count). The number of nitrogens with zero attached hydrogens (tertiary/aromatic N) is 1. The molecule has 0 radical (unpaired) electrons. The Balaban J connectivity index is 1.88. The van der Waals surface area contributed by atoms with Gasteiger partial charge in [0.25, 0.3) is 0 Å². The average molecular weight is 408 g/mol. The number of nitrogens with two attached hydrogens (primary N) is 1. The van der Waals surface area contributed by atoms with Crippen molar-refractivity contribution in [1.29, 1.82) is 0 Å². The SMILES string of the molecule is CSc1ccc(CN(C)CC(=O)N[C@@H](C)c2ccc(S(N)(=O)=O)cc2)cc1. The van der Waals surface area contributed by atoms with Gasteiger partial charge in [0.05, 0.1) is 17.5 Å². The fourth-order valence-corrected chi connectivity index (χ4v) is 3.58. The molecule has 2 aromatic rings. The summed E-state index contributed by atoms with van der Waals surface area (Å²) >= 11 is 1.70. The van der Waals surface area contributed by atoms with Gasteiger partial charge in [0.1, 0.15) is 0 Å². The smallest absolute Gasteiger partial charge is 0.238 e. The van der Waals surface area contributed by atoms with Crippen LogP contribution in [0.5, 0.6) is 0 Å². The lowest BCUT2D eigenvalue weighted by atomic mass is 10.1. The van der Waals surface area contributed by atoms with Gasteiger partial charge in [-0.05, 0) is 55.6 Å². The van der Waals surface area contributed by atoms with Crippen molar-refractivity contribution in [3.63, 3.8) is 0 Å². The lowest BCUT2D eigenvalue weighted by Crippen LogP contribution is -2.36. The van der Waals surface area contributed by atoms with Crippen molar-refractivity contribution < 1.29 is 13.2 Å². The molecule has 0 aromatic heterocycles. The Hall–Kier alpha value is -1.87. The van der Waals surface area contributed by atoms with Crippen LogP contribution in [0.2, 0.25) is 0 Å². The molecule has 27 heavy (non-hydrogen) atoms.